The Balaban J connectivity index is 1.71. The van der Waals surface area contributed by atoms with Crippen LogP contribution in [0.3, 0.4) is 0 Å². The topological polar surface area (TPSA) is 82.4 Å². The normalized spacial score (nSPS) is 17.8. The number of amides is 1. The van der Waals surface area contributed by atoms with E-state index in [2.05, 4.69) is 15.2 Å². The lowest BCUT2D eigenvalue weighted by Gasteiger charge is -2.32. The predicted molar refractivity (Wildman–Crippen MR) is 85.7 cm³/mol. The highest BCUT2D eigenvalue weighted by molar-refractivity contribution is 5.94. The summed E-state index contributed by atoms with van der Waals surface area (Å²) in [5.41, 5.74) is 0.538. The van der Waals surface area contributed by atoms with Gasteiger partial charge in [-0.2, -0.15) is 0 Å². The van der Waals surface area contributed by atoms with Gasteiger partial charge in [-0.15, -0.1) is 10.2 Å². The molecule has 0 spiro atoms. The molecule has 2 aromatic heterocycles. The van der Waals surface area contributed by atoms with Crippen LogP contribution in [-0.4, -0.2) is 56.9 Å². The van der Waals surface area contributed by atoms with Crippen molar-refractivity contribution in [3.05, 3.63) is 36.0 Å². The van der Waals surface area contributed by atoms with E-state index < -0.39 is 0 Å². The zero-order chi connectivity index (χ0) is 16.9. The van der Waals surface area contributed by atoms with E-state index in [0.29, 0.717) is 37.7 Å². The standard InChI is InChI=1S/C16H21N5O3/c1-3-20-11-18-19-15(20)13-10-21(7-8-24-13)16(22)12-5-6-14(17-9-12)23-4-2/h5-6,9,11,13H,3-4,7-8,10H2,1-2H3. The van der Waals surface area contributed by atoms with E-state index >= 15 is 0 Å². The average molecular weight is 331 g/mol. The monoisotopic (exact) mass is 331 g/mol. The minimum atomic E-state index is -0.263. The Bertz CT molecular complexity index is 685. The molecule has 0 aliphatic carbocycles. The Labute approximate surface area is 140 Å². The number of hydrogen-bond acceptors (Lipinski definition) is 6. The molecule has 0 radical (unpaired) electrons. The molecule has 1 aliphatic heterocycles. The molecular formula is C16H21N5O3. The zero-order valence-electron chi connectivity index (χ0n) is 13.9. The maximum atomic E-state index is 12.7. The predicted octanol–water partition coefficient (Wildman–Crippen LogP) is 1.31. The first-order chi connectivity index (χ1) is 11.7. The summed E-state index contributed by atoms with van der Waals surface area (Å²) in [7, 11) is 0. The number of aromatic nitrogens is 4. The van der Waals surface area contributed by atoms with Crippen LogP contribution in [-0.2, 0) is 11.3 Å². The van der Waals surface area contributed by atoms with Crippen molar-refractivity contribution in [2.75, 3.05) is 26.3 Å². The molecule has 8 heteroatoms. The van der Waals surface area contributed by atoms with Gasteiger partial charge in [0.25, 0.3) is 5.91 Å². The van der Waals surface area contributed by atoms with Crippen LogP contribution in [0.5, 0.6) is 5.88 Å². The molecule has 1 amide bonds. The number of ether oxygens (including phenoxy) is 2. The number of hydrogen-bond donors (Lipinski definition) is 0. The third kappa shape index (κ3) is 3.38. The lowest BCUT2D eigenvalue weighted by atomic mass is 10.2. The summed E-state index contributed by atoms with van der Waals surface area (Å²) >= 11 is 0. The molecule has 8 nitrogen and oxygen atoms in total. The maximum absolute atomic E-state index is 12.7. The van der Waals surface area contributed by atoms with E-state index in [1.165, 1.54) is 0 Å². The number of rotatable bonds is 5. The van der Waals surface area contributed by atoms with Crippen LogP contribution in [0.4, 0.5) is 0 Å². The van der Waals surface area contributed by atoms with Gasteiger partial charge in [-0.05, 0) is 19.9 Å². The SMILES string of the molecule is CCOc1ccc(C(=O)N2CCOC(c3nncn3CC)C2)cn1. The zero-order valence-corrected chi connectivity index (χ0v) is 13.9. The van der Waals surface area contributed by atoms with Gasteiger partial charge in [0, 0.05) is 25.4 Å². The molecule has 2 aromatic rings. The van der Waals surface area contributed by atoms with Crippen LogP contribution >= 0.6 is 0 Å². The molecular weight excluding hydrogens is 310 g/mol. The van der Waals surface area contributed by atoms with Crippen molar-refractivity contribution in [3.8, 4) is 5.88 Å². The van der Waals surface area contributed by atoms with E-state index in [4.69, 9.17) is 9.47 Å². The molecule has 3 rings (SSSR count). The van der Waals surface area contributed by atoms with Crippen molar-refractivity contribution in [3.63, 3.8) is 0 Å². The van der Waals surface area contributed by atoms with Gasteiger partial charge in [-0.3, -0.25) is 4.79 Å². The summed E-state index contributed by atoms with van der Waals surface area (Å²) in [6.07, 6.45) is 2.96. The van der Waals surface area contributed by atoms with Crippen LogP contribution < -0.4 is 4.74 Å². The summed E-state index contributed by atoms with van der Waals surface area (Å²) in [5, 5.41) is 8.06. The molecule has 24 heavy (non-hydrogen) atoms. The fraction of sp³-hybridized carbons (Fsp3) is 0.500. The van der Waals surface area contributed by atoms with Crippen LogP contribution in [0.2, 0.25) is 0 Å². The van der Waals surface area contributed by atoms with Crippen molar-refractivity contribution >= 4 is 5.91 Å². The fourth-order valence-corrected chi connectivity index (χ4v) is 2.67. The third-order valence-corrected chi connectivity index (χ3v) is 3.90. The molecule has 1 saturated heterocycles. The number of pyridine rings is 1. The van der Waals surface area contributed by atoms with Gasteiger partial charge in [-0.25, -0.2) is 4.98 Å². The highest BCUT2D eigenvalue weighted by Gasteiger charge is 2.29. The van der Waals surface area contributed by atoms with Crippen molar-refractivity contribution < 1.29 is 14.3 Å². The van der Waals surface area contributed by atoms with Gasteiger partial charge in [0.15, 0.2) is 5.82 Å². The van der Waals surface area contributed by atoms with E-state index in [-0.39, 0.29) is 12.0 Å². The molecule has 128 valence electrons. The first kappa shape index (κ1) is 16.4. The number of aryl methyl sites for hydroxylation is 1. The molecule has 1 aliphatic rings. The van der Waals surface area contributed by atoms with Gasteiger partial charge < -0.3 is 18.9 Å². The largest absolute Gasteiger partial charge is 0.478 e. The molecule has 0 N–H and O–H groups in total. The van der Waals surface area contributed by atoms with Gasteiger partial charge in [0.05, 0.1) is 25.3 Å². The Hall–Kier alpha value is -2.48. The Morgan fingerprint density at radius 1 is 1.42 bits per heavy atom. The average Bonchev–Trinajstić information content (AvgIpc) is 3.11. The quantitative estimate of drug-likeness (QED) is 0.821. The first-order valence-corrected chi connectivity index (χ1v) is 8.10. The van der Waals surface area contributed by atoms with Gasteiger partial charge in [0.2, 0.25) is 5.88 Å². The Morgan fingerprint density at radius 3 is 3.00 bits per heavy atom. The second-order valence-electron chi connectivity index (χ2n) is 5.40. The number of carbonyl (C=O) groups is 1. The van der Waals surface area contributed by atoms with Gasteiger partial charge >= 0.3 is 0 Å². The molecule has 1 atom stereocenters. The molecule has 3 heterocycles. The van der Waals surface area contributed by atoms with Crippen molar-refractivity contribution in [2.45, 2.75) is 26.5 Å². The summed E-state index contributed by atoms with van der Waals surface area (Å²) in [6, 6.07) is 3.45. The van der Waals surface area contributed by atoms with E-state index in [9.17, 15) is 4.79 Å². The van der Waals surface area contributed by atoms with Crippen LogP contribution in [0.15, 0.2) is 24.7 Å². The fourth-order valence-electron chi connectivity index (χ4n) is 2.67. The number of morpholine rings is 1. The van der Waals surface area contributed by atoms with E-state index in [1.807, 2.05) is 18.4 Å². The van der Waals surface area contributed by atoms with E-state index in [1.54, 1.807) is 29.6 Å². The summed E-state index contributed by atoms with van der Waals surface area (Å²) in [6.45, 7) is 6.68. The van der Waals surface area contributed by atoms with Gasteiger partial charge in [-0.1, -0.05) is 0 Å². The molecule has 0 aromatic carbocycles. The Kier molecular flexibility index (Phi) is 5.05. The highest BCUT2D eigenvalue weighted by atomic mass is 16.5. The lowest BCUT2D eigenvalue weighted by molar-refractivity contribution is -0.0284. The highest BCUT2D eigenvalue weighted by Crippen LogP contribution is 2.22. The second kappa shape index (κ2) is 7.39. The first-order valence-electron chi connectivity index (χ1n) is 8.10. The third-order valence-electron chi connectivity index (χ3n) is 3.90. The second-order valence-corrected chi connectivity index (χ2v) is 5.40. The van der Waals surface area contributed by atoms with Crippen molar-refractivity contribution in [1.82, 2.24) is 24.6 Å². The van der Waals surface area contributed by atoms with Crippen LogP contribution in [0.25, 0.3) is 0 Å². The molecule has 0 bridgehead atoms. The van der Waals surface area contributed by atoms with E-state index in [0.717, 1.165) is 12.4 Å². The smallest absolute Gasteiger partial charge is 0.255 e. The van der Waals surface area contributed by atoms with Gasteiger partial charge in [0.1, 0.15) is 12.4 Å². The van der Waals surface area contributed by atoms with Crippen molar-refractivity contribution in [1.29, 1.82) is 0 Å². The minimum Gasteiger partial charge on any atom is -0.478 e. The summed E-state index contributed by atoms with van der Waals surface area (Å²) < 4.78 is 13.0. The Morgan fingerprint density at radius 2 is 2.29 bits per heavy atom. The summed E-state index contributed by atoms with van der Waals surface area (Å²) in [4.78, 5) is 18.6. The summed E-state index contributed by atoms with van der Waals surface area (Å²) in [5.74, 6) is 1.20. The maximum Gasteiger partial charge on any atom is 0.255 e. The van der Waals surface area contributed by atoms with Crippen LogP contribution in [0.1, 0.15) is 36.1 Å². The van der Waals surface area contributed by atoms with Crippen molar-refractivity contribution in [2.24, 2.45) is 0 Å². The number of carbonyl (C=O) groups excluding carboxylic acids is 1. The molecule has 0 saturated carbocycles. The molecule has 1 fully saturated rings. The van der Waals surface area contributed by atoms with Crippen LogP contribution in [0, 0.1) is 0 Å². The molecule has 1 unspecified atom stereocenters. The minimum absolute atomic E-state index is 0.0681. The lowest BCUT2D eigenvalue weighted by Crippen LogP contribution is -2.43. The number of nitrogens with zero attached hydrogens (tertiary/aromatic N) is 5.